The van der Waals surface area contributed by atoms with Crippen LogP contribution in [0.5, 0.6) is 5.75 Å². The number of nitrogens with one attached hydrogen (secondary N) is 1. The molecule has 21 heavy (non-hydrogen) atoms. The van der Waals surface area contributed by atoms with Crippen molar-refractivity contribution in [3.63, 3.8) is 0 Å². The standard InChI is InChI=1S/C16H19NO3S/c1-13-4-3-5-16(12-13)21(18,19)17-11-10-14-6-8-15(20-2)9-7-14/h3-9,12,17H,10-11H2,1-2H3. The second-order valence-electron chi connectivity index (χ2n) is 4.81. The highest BCUT2D eigenvalue weighted by atomic mass is 32.2. The minimum Gasteiger partial charge on any atom is -0.497 e. The van der Waals surface area contributed by atoms with Gasteiger partial charge in [-0.3, -0.25) is 0 Å². The molecule has 0 aliphatic rings. The van der Waals surface area contributed by atoms with Gasteiger partial charge in [-0.05, 0) is 48.7 Å². The van der Waals surface area contributed by atoms with Crippen LogP contribution in [0.4, 0.5) is 0 Å². The highest BCUT2D eigenvalue weighted by Crippen LogP contribution is 2.13. The summed E-state index contributed by atoms with van der Waals surface area (Å²) in [6.07, 6.45) is 0.634. The van der Waals surface area contributed by atoms with Crippen molar-refractivity contribution in [1.82, 2.24) is 4.72 Å². The zero-order valence-electron chi connectivity index (χ0n) is 12.2. The summed E-state index contributed by atoms with van der Waals surface area (Å²) in [5, 5.41) is 0. The SMILES string of the molecule is COc1ccc(CCNS(=O)(=O)c2cccc(C)c2)cc1. The van der Waals surface area contributed by atoms with Crippen molar-refractivity contribution in [2.75, 3.05) is 13.7 Å². The first-order chi connectivity index (χ1) is 10.0. The summed E-state index contributed by atoms with van der Waals surface area (Å²) in [7, 11) is -1.82. The van der Waals surface area contributed by atoms with Crippen molar-refractivity contribution < 1.29 is 13.2 Å². The maximum Gasteiger partial charge on any atom is 0.240 e. The molecule has 0 aliphatic heterocycles. The van der Waals surface area contributed by atoms with E-state index in [1.54, 1.807) is 25.3 Å². The van der Waals surface area contributed by atoms with Crippen LogP contribution in [0, 0.1) is 6.92 Å². The number of sulfonamides is 1. The average molecular weight is 305 g/mol. The largest absolute Gasteiger partial charge is 0.497 e. The van der Waals surface area contributed by atoms with Crippen LogP contribution >= 0.6 is 0 Å². The fourth-order valence-electron chi connectivity index (χ4n) is 1.99. The minimum absolute atomic E-state index is 0.303. The van der Waals surface area contributed by atoms with E-state index >= 15 is 0 Å². The lowest BCUT2D eigenvalue weighted by molar-refractivity contribution is 0.414. The molecule has 0 unspecified atom stereocenters. The number of methoxy groups -OCH3 is 1. The van der Waals surface area contributed by atoms with Crippen LogP contribution in [0.15, 0.2) is 53.4 Å². The van der Waals surface area contributed by atoms with E-state index in [0.717, 1.165) is 16.9 Å². The highest BCUT2D eigenvalue weighted by molar-refractivity contribution is 7.89. The quantitative estimate of drug-likeness (QED) is 0.892. The van der Waals surface area contributed by atoms with Crippen molar-refractivity contribution in [3.8, 4) is 5.75 Å². The molecule has 0 aliphatic carbocycles. The first-order valence-corrected chi connectivity index (χ1v) is 8.19. The Labute approximate surface area is 125 Å². The Morgan fingerprint density at radius 2 is 1.81 bits per heavy atom. The predicted octanol–water partition coefficient (Wildman–Crippen LogP) is 2.52. The topological polar surface area (TPSA) is 55.4 Å². The van der Waals surface area contributed by atoms with Crippen LogP contribution in [0.2, 0.25) is 0 Å². The second kappa shape index (κ2) is 6.74. The number of rotatable bonds is 6. The van der Waals surface area contributed by atoms with Gasteiger partial charge in [0, 0.05) is 6.54 Å². The smallest absolute Gasteiger partial charge is 0.240 e. The van der Waals surface area contributed by atoms with Crippen LogP contribution in [0.25, 0.3) is 0 Å². The number of hydrogen-bond acceptors (Lipinski definition) is 3. The predicted molar refractivity (Wildman–Crippen MR) is 83.1 cm³/mol. The average Bonchev–Trinajstić information content (AvgIpc) is 2.48. The Kier molecular flexibility index (Phi) is 4.98. The lowest BCUT2D eigenvalue weighted by atomic mass is 10.1. The summed E-state index contributed by atoms with van der Waals surface area (Å²) in [6, 6.07) is 14.5. The van der Waals surface area contributed by atoms with Crippen LogP contribution < -0.4 is 9.46 Å². The van der Waals surface area contributed by atoms with Crippen molar-refractivity contribution in [3.05, 3.63) is 59.7 Å². The number of ether oxygens (including phenoxy) is 1. The molecule has 0 bridgehead atoms. The Hall–Kier alpha value is -1.85. The van der Waals surface area contributed by atoms with E-state index in [9.17, 15) is 8.42 Å². The van der Waals surface area contributed by atoms with Gasteiger partial charge in [0.15, 0.2) is 0 Å². The van der Waals surface area contributed by atoms with Crippen molar-refractivity contribution in [2.24, 2.45) is 0 Å². The third-order valence-corrected chi connectivity index (χ3v) is 4.62. The summed E-state index contributed by atoms with van der Waals surface area (Å²) >= 11 is 0. The molecule has 0 amide bonds. The summed E-state index contributed by atoms with van der Waals surface area (Å²) in [4.78, 5) is 0.303. The summed E-state index contributed by atoms with van der Waals surface area (Å²) in [6.45, 7) is 2.24. The highest BCUT2D eigenvalue weighted by Gasteiger charge is 2.12. The van der Waals surface area contributed by atoms with Gasteiger partial charge in [-0.1, -0.05) is 24.3 Å². The number of benzene rings is 2. The van der Waals surface area contributed by atoms with E-state index in [-0.39, 0.29) is 0 Å². The fourth-order valence-corrected chi connectivity index (χ4v) is 3.12. The Morgan fingerprint density at radius 1 is 1.10 bits per heavy atom. The zero-order valence-corrected chi connectivity index (χ0v) is 13.0. The summed E-state index contributed by atoms with van der Waals surface area (Å²) in [5.41, 5.74) is 1.98. The van der Waals surface area contributed by atoms with E-state index in [1.165, 1.54) is 0 Å². The van der Waals surface area contributed by atoms with Gasteiger partial charge in [-0.25, -0.2) is 13.1 Å². The molecule has 0 spiro atoms. The lowest BCUT2D eigenvalue weighted by Gasteiger charge is -2.08. The Morgan fingerprint density at radius 3 is 2.43 bits per heavy atom. The monoisotopic (exact) mass is 305 g/mol. The van der Waals surface area contributed by atoms with E-state index in [1.807, 2.05) is 37.3 Å². The number of aryl methyl sites for hydroxylation is 1. The lowest BCUT2D eigenvalue weighted by Crippen LogP contribution is -2.26. The maximum absolute atomic E-state index is 12.1. The van der Waals surface area contributed by atoms with Crippen molar-refractivity contribution in [1.29, 1.82) is 0 Å². The van der Waals surface area contributed by atoms with Crippen LogP contribution in [0.1, 0.15) is 11.1 Å². The van der Waals surface area contributed by atoms with Gasteiger partial charge in [-0.2, -0.15) is 0 Å². The molecular formula is C16H19NO3S. The first-order valence-electron chi connectivity index (χ1n) is 6.70. The molecule has 0 atom stereocenters. The third-order valence-electron chi connectivity index (χ3n) is 3.16. The van der Waals surface area contributed by atoms with Gasteiger partial charge in [0.25, 0.3) is 0 Å². The zero-order chi connectivity index (χ0) is 15.3. The van der Waals surface area contributed by atoms with Crippen LogP contribution in [-0.2, 0) is 16.4 Å². The second-order valence-corrected chi connectivity index (χ2v) is 6.58. The van der Waals surface area contributed by atoms with Gasteiger partial charge in [-0.15, -0.1) is 0 Å². The maximum atomic E-state index is 12.1. The van der Waals surface area contributed by atoms with Crippen LogP contribution in [0.3, 0.4) is 0 Å². The van der Waals surface area contributed by atoms with E-state index in [0.29, 0.717) is 17.9 Å². The molecule has 0 saturated carbocycles. The molecule has 112 valence electrons. The van der Waals surface area contributed by atoms with E-state index in [2.05, 4.69) is 4.72 Å². The Balaban J connectivity index is 1.95. The summed E-state index contributed by atoms with van der Waals surface area (Å²) in [5.74, 6) is 0.791. The normalized spacial score (nSPS) is 11.3. The molecule has 2 aromatic rings. The molecule has 4 nitrogen and oxygen atoms in total. The molecule has 0 radical (unpaired) electrons. The van der Waals surface area contributed by atoms with Gasteiger partial charge in [0.2, 0.25) is 10.0 Å². The molecule has 2 rings (SSSR count). The molecule has 0 saturated heterocycles. The fraction of sp³-hybridized carbons (Fsp3) is 0.250. The van der Waals surface area contributed by atoms with E-state index < -0.39 is 10.0 Å². The molecule has 2 aromatic carbocycles. The third kappa shape index (κ3) is 4.31. The molecule has 0 fully saturated rings. The van der Waals surface area contributed by atoms with Gasteiger partial charge < -0.3 is 4.74 Å². The molecule has 5 heteroatoms. The van der Waals surface area contributed by atoms with Crippen molar-refractivity contribution in [2.45, 2.75) is 18.2 Å². The first kappa shape index (κ1) is 15.5. The summed E-state index contributed by atoms with van der Waals surface area (Å²) < 4.78 is 32.0. The molecule has 0 aromatic heterocycles. The van der Waals surface area contributed by atoms with Gasteiger partial charge in [0.05, 0.1) is 12.0 Å². The van der Waals surface area contributed by atoms with E-state index in [4.69, 9.17) is 4.74 Å². The molecule has 0 heterocycles. The minimum atomic E-state index is -3.44. The van der Waals surface area contributed by atoms with Crippen LogP contribution in [-0.4, -0.2) is 22.1 Å². The molecule has 1 N–H and O–H groups in total. The van der Waals surface area contributed by atoms with Gasteiger partial charge in [0.1, 0.15) is 5.75 Å². The van der Waals surface area contributed by atoms with Crippen molar-refractivity contribution >= 4 is 10.0 Å². The number of hydrogen-bond donors (Lipinski definition) is 1. The molecular weight excluding hydrogens is 286 g/mol. The van der Waals surface area contributed by atoms with Gasteiger partial charge >= 0.3 is 0 Å². The Bertz CT molecular complexity index is 694.